The molecule has 1 fully saturated rings. The van der Waals surface area contributed by atoms with Crippen LogP contribution in [0.5, 0.6) is 0 Å². The molecule has 0 spiro atoms. The molecule has 0 radical (unpaired) electrons. The second-order valence-electron chi connectivity index (χ2n) is 6.08. The third-order valence-electron chi connectivity index (χ3n) is 4.07. The third kappa shape index (κ3) is 5.29. The number of pyridine rings is 1. The van der Waals surface area contributed by atoms with Gasteiger partial charge in [-0.3, -0.25) is 9.78 Å². The van der Waals surface area contributed by atoms with Crippen LogP contribution in [0.4, 0.5) is 10.5 Å². The smallest absolute Gasteiger partial charge is 0.315 e. The molecule has 7 nitrogen and oxygen atoms in total. The highest BCUT2D eigenvalue weighted by Crippen LogP contribution is 2.16. The van der Waals surface area contributed by atoms with Crippen LogP contribution in [0.1, 0.15) is 24.0 Å². The lowest BCUT2D eigenvalue weighted by Crippen LogP contribution is -2.34. The molecular formula is C19H22N4O3. The van der Waals surface area contributed by atoms with Crippen molar-refractivity contribution < 1.29 is 14.3 Å². The molecule has 1 aliphatic heterocycles. The Hall–Kier alpha value is -2.93. The van der Waals surface area contributed by atoms with E-state index in [1.807, 2.05) is 36.4 Å². The van der Waals surface area contributed by atoms with Crippen molar-refractivity contribution in [3.8, 4) is 0 Å². The third-order valence-corrected chi connectivity index (χ3v) is 4.07. The number of carbonyl (C=O) groups is 2. The number of nitrogens with zero attached hydrogens (tertiary/aromatic N) is 1. The molecule has 7 heteroatoms. The van der Waals surface area contributed by atoms with Crippen molar-refractivity contribution in [1.82, 2.24) is 15.6 Å². The van der Waals surface area contributed by atoms with Gasteiger partial charge in [0.1, 0.15) is 6.10 Å². The van der Waals surface area contributed by atoms with E-state index in [0.717, 1.165) is 24.0 Å². The minimum absolute atomic E-state index is 0.122. The minimum Gasteiger partial charge on any atom is -0.368 e. The van der Waals surface area contributed by atoms with Gasteiger partial charge in [-0.05, 0) is 48.2 Å². The Labute approximate surface area is 152 Å². The van der Waals surface area contributed by atoms with Crippen molar-refractivity contribution in [2.75, 3.05) is 11.9 Å². The number of anilines is 1. The van der Waals surface area contributed by atoms with Crippen LogP contribution >= 0.6 is 0 Å². The minimum atomic E-state index is -0.365. The maximum Gasteiger partial charge on any atom is 0.315 e. The number of nitrogens with one attached hydrogen (secondary N) is 3. The predicted octanol–water partition coefficient (Wildman–Crippen LogP) is 2.20. The first kappa shape index (κ1) is 17.9. The first-order valence-corrected chi connectivity index (χ1v) is 8.63. The summed E-state index contributed by atoms with van der Waals surface area (Å²) in [6, 6.07) is 10.8. The zero-order valence-corrected chi connectivity index (χ0v) is 14.4. The Bertz CT molecular complexity index is 745. The average molecular weight is 354 g/mol. The maximum atomic E-state index is 12.1. The first-order valence-electron chi connectivity index (χ1n) is 8.63. The summed E-state index contributed by atoms with van der Waals surface area (Å²) in [4.78, 5) is 27.9. The number of urea groups is 1. The molecule has 3 N–H and O–H groups in total. The zero-order valence-electron chi connectivity index (χ0n) is 14.4. The summed E-state index contributed by atoms with van der Waals surface area (Å²) in [7, 11) is 0. The van der Waals surface area contributed by atoms with Crippen molar-refractivity contribution in [1.29, 1.82) is 0 Å². The molecule has 1 saturated heterocycles. The van der Waals surface area contributed by atoms with E-state index in [1.54, 1.807) is 12.4 Å². The monoisotopic (exact) mass is 354 g/mol. The number of aromatic nitrogens is 1. The van der Waals surface area contributed by atoms with Crippen molar-refractivity contribution >= 4 is 17.6 Å². The molecule has 1 aromatic carbocycles. The SMILES string of the molecule is O=C(NCc1ccncc1)NCc1cccc(NC(=O)C2CCCO2)c1. The Balaban J connectivity index is 1.45. The van der Waals surface area contributed by atoms with Gasteiger partial charge in [0.2, 0.25) is 0 Å². The number of benzene rings is 1. The van der Waals surface area contributed by atoms with Gasteiger partial charge in [0.05, 0.1) is 0 Å². The molecule has 1 aliphatic rings. The molecule has 2 aromatic rings. The fourth-order valence-corrected chi connectivity index (χ4v) is 2.69. The summed E-state index contributed by atoms with van der Waals surface area (Å²) >= 11 is 0. The number of carbonyl (C=O) groups excluding carboxylic acids is 2. The van der Waals surface area contributed by atoms with E-state index >= 15 is 0 Å². The normalized spacial score (nSPS) is 16.1. The van der Waals surface area contributed by atoms with Gasteiger partial charge in [-0.15, -0.1) is 0 Å². The lowest BCUT2D eigenvalue weighted by Gasteiger charge is -2.12. The Morgan fingerprint density at radius 3 is 2.58 bits per heavy atom. The Kier molecular flexibility index (Phi) is 6.16. The number of ether oxygens (including phenoxy) is 1. The topological polar surface area (TPSA) is 92.4 Å². The summed E-state index contributed by atoms with van der Waals surface area (Å²) in [5, 5.41) is 8.45. The van der Waals surface area contributed by atoms with Crippen LogP contribution in [0.15, 0.2) is 48.8 Å². The molecular weight excluding hydrogens is 332 g/mol. The summed E-state index contributed by atoms with van der Waals surface area (Å²) in [6.07, 6.45) is 4.67. The predicted molar refractivity (Wildman–Crippen MR) is 97.4 cm³/mol. The van der Waals surface area contributed by atoms with Crippen molar-refractivity contribution in [2.45, 2.75) is 32.0 Å². The fourth-order valence-electron chi connectivity index (χ4n) is 2.69. The van der Waals surface area contributed by atoms with Gasteiger partial charge in [-0.1, -0.05) is 12.1 Å². The molecule has 2 heterocycles. The highest BCUT2D eigenvalue weighted by atomic mass is 16.5. The number of hydrogen-bond donors (Lipinski definition) is 3. The second-order valence-corrected chi connectivity index (χ2v) is 6.08. The highest BCUT2D eigenvalue weighted by molar-refractivity contribution is 5.94. The molecule has 3 rings (SSSR count). The fraction of sp³-hybridized carbons (Fsp3) is 0.316. The van der Waals surface area contributed by atoms with E-state index in [2.05, 4.69) is 20.9 Å². The standard InChI is InChI=1S/C19H22N4O3/c24-18(17-5-2-10-26-17)23-16-4-1-3-15(11-16)13-22-19(25)21-12-14-6-8-20-9-7-14/h1,3-4,6-9,11,17H,2,5,10,12-13H2,(H,23,24)(H2,21,22,25). The molecule has 1 unspecified atom stereocenters. The molecule has 3 amide bonds. The molecule has 0 bridgehead atoms. The van der Waals surface area contributed by atoms with E-state index in [0.29, 0.717) is 25.4 Å². The van der Waals surface area contributed by atoms with Crippen LogP contribution in [-0.4, -0.2) is 29.6 Å². The zero-order chi connectivity index (χ0) is 18.2. The van der Waals surface area contributed by atoms with Crippen LogP contribution in [0.25, 0.3) is 0 Å². The summed E-state index contributed by atoms with van der Waals surface area (Å²) in [5.41, 5.74) is 2.57. The lowest BCUT2D eigenvalue weighted by molar-refractivity contribution is -0.124. The average Bonchev–Trinajstić information content (AvgIpc) is 3.21. The largest absolute Gasteiger partial charge is 0.368 e. The Morgan fingerprint density at radius 1 is 1.08 bits per heavy atom. The van der Waals surface area contributed by atoms with E-state index in [4.69, 9.17) is 4.74 Å². The van der Waals surface area contributed by atoms with Gasteiger partial charge in [0, 0.05) is 37.8 Å². The highest BCUT2D eigenvalue weighted by Gasteiger charge is 2.23. The number of rotatable bonds is 6. The van der Waals surface area contributed by atoms with Crippen LogP contribution in [-0.2, 0) is 22.6 Å². The maximum absolute atomic E-state index is 12.1. The quantitative estimate of drug-likeness (QED) is 0.741. The summed E-state index contributed by atoms with van der Waals surface area (Å²) in [6.45, 7) is 1.44. The van der Waals surface area contributed by atoms with E-state index < -0.39 is 0 Å². The van der Waals surface area contributed by atoms with Gasteiger partial charge in [-0.2, -0.15) is 0 Å². The molecule has 26 heavy (non-hydrogen) atoms. The number of hydrogen-bond acceptors (Lipinski definition) is 4. The molecule has 0 saturated carbocycles. The van der Waals surface area contributed by atoms with Crippen molar-refractivity contribution in [3.05, 3.63) is 59.9 Å². The van der Waals surface area contributed by atoms with E-state index in [9.17, 15) is 9.59 Å². The Morgan fingerprint density at radius 2 is 1.85 bits per heavy atom. The van der Waals surface area contributed by atoms with Gasteiger partial charge in [0.15, 0.2) is 0 Å². The van der Waals surface area contributed by atoms with Crippen LogP contribution in [0.3, 0.4) is 0 Å². The molecule has 1 aromatic heterocycles. The lowest BCUT2D eigenvalue weighted by atomic mass is 10.2. The van der Waals surface area contributed by atoms with Gasteiger partial charge < -0.3 is 20.7 Å². The van der Waals surface area contributed by atoms with E-state index in [-0.39, 0.29) is 18.0 Å². The molecule has 1 atom stereocenters. The van der Waals surface area contributed by atoms with Gasteiger partial charge in [0.25, 0.3) is 5.91 Å². The van der Waals surface area contributed by atoms with Gasteiger partial charge in [-0.25, -0.2) is 4.79 Å². The summed E-state index contributed by atoms with van der Waals surface area (Å²) in [5.74, 6) is -0.122. The van der Waals surface area contributed by atoms with Crippen LogP contribution < -0.4 is 16.0 Å². The molecule has 0 aliphatic carbocycles. The first-order chi connectivity index (χ1) is 12.7. The summed E-state index contributed by atoms with van der Waals surface area (Å²) < 4.78 is 5.38. The number of amides is 3. The van der Waals surface area contributed by atoms with Crippen LogP contribution in [0.2, 0.25) is 0 Å². The molecule has 136 valence electrons. The van der Waals surface area contributed by atoms with Crippen molar-refractivity contribution in [3.63, 3.8) is 0 Å². The van der Waals surface area contributed by atoms with E-state index in [1.165, 1.54) is 0 Å². The van der Waals surface area contributed by atoms with Crippen molar-refractivity contribution in [2.24, 2.45) is 0 Å². The van der Waals surface area contributed by atoms with Crippen LogP contribution in [0, 0.1) is 0 Å². The van der Waals surface area contributed by atoms with Gasteiger partial charge >= 0.3 is 6.03 Å². The second kappa shape index (κ2) is 8.96.